The second-order valence-electron chi connectivity index (χ2n) is 4.12. The number of hydrogen-bond acceptors (Lipinski definition) is 3. The first-order valence-electron chi connectivity index (χ1n) is 5.96. The van der Waals surface area contributed by atoms with Crippen LogP contribution in [0.25, 0.3) is 0 Å². The average molecular weight is 246 g/mol. The van der Waals surface area contributed by atoms with Crippen LogP contribution in [-0.4, -0.2) is 18.4 Å². The van der Waals surface area contributed by atoms with Gasteiger partial charge in [-0.25, -0.2) is 4.79 Å². The van der Waals surface area contributed by atoms with Crippen LogP contribution in [0.15, 0.2) is 42.5 Å². The Morgan fingerprint density at radius 2 is 1.89 bits per heavy atom. The summed E-state index contributed by atoms with van der Waals surface area (Å²) in [6.07, 6.45) is 0.266. The van der Waals surface area contributed by atoms with Crippen LogP contribution >= 0.6 is 0 Å². The molecular weight excluding hydrogens is 228 g/mol. The molecule has 0 saturated carbocycles. The van der Waals surface area contributed by atoms with Gasteiger partial charge < -0.3 is 4.74 Å². The fourth-order valence-corrected chi connectivity index (χ4v) is 1.78. The zero-order chi connectivity index (χ0) is 13.5. The Labute approximate surface area is 107 Å². The van der Waals surface area contributed by atoms with Gasteiger partial charge in [-0.05, 0) is 19.4 Å². The Balaban J connectivity index is 2.95. The molecule has 0 radical (unpaired) electrons. The molecule has 96 valence electrons. The summed E-state index contributed by atoms with van der Waals surface area (Å²) in [5.74, 6) is -0.718. The summed E-state index contributed by atoms with van der Waals surface area (Å²) in [5, 5.41) is 0. The number of ketones is 1. The fraction of sp³-hybridized carbons (Fsp3) is 0.333. The molecule has 0 heterocycles. The van der Waals surface area contributed by atoms with Crippen molar-refractivity contribution in [1.29, 1.82) is 0 Å². The van der Waals surface area contributed by atoms with Crippen LogP contribution in [0.1, 0.15) is 31.7 Å². The van der Waals surface area contributed by atoms with E-state index >= 15 is 0 Å². The molecule has 0 N–H and O–H groups in total. The SMILES string of the molecule is C=C(C(=O)OCC)[C@@H](CC(C)=O)c1ccccc1. The molecule has 0 aliphatic carbocycles. The van der Waals surface area contributed by atoms with Crippen molar-refractivity contribution >= 4 is 11.8 Å². The topological polar surface area (TPSA) is 43.4 Å². The number of Topliss-reactive ketones (excluding diaryl/α,β-unsaturated/α-hetero) is 1. The third kappa shape index (κ3) is 3.84. The Hall–Kier alpha value is -1.90. The van der Waals surface area contributed by atoms with Gasteiger partial charge in [0.2, 0.25) is 0 Å². The Bertz CT molecular complexity index is 434. The summed E-state index contributed by atoms with van der Waals surface area (Å²) in [6.45, 7) is 7.33. The minimum Gasteiger partial charge on any atom is -0.463 e. The highest BCUT2D eigenvalue weighted by Gasteiger charge is 2.23. The Morgan fingerprint density at radius 1 is 1.28 bits per heavy atom. The van der Waals surface area contributed by atoms with Crippen molar-refractivity contribution in [2.24, 2.45) is 0 Å². The number of ether oxygens (including phenoxy) is 1. The van der Waals surface area contributed by atoms with Crippen LogP contribution in [0.4, 0.5) is 0 Å². The quantitative estimate of drug-likeness (QED) is 0.572. The summed E-state index contributed by atoms with van der Waals surface area (Å²) in [7, 11) is 0. The van der Waals surface area contributed by atoms with Gasteiger partial charge in [-0.15, -0.1) is 0 Å². The van der Waals surface area contributed by atoms with E-state index in [1.807, 2.05) is 30.3 Å². The summed E-state index contributed by atoms with van der Waals surface area (Å²) >= 11 is 0. The van der Waals surface area contributed by atoms with Crippen LogP contribution in [0.5, 0.6) is 0 Å². The lowest BCUT2D eigenvalue weighted by molar-refractivity contribution is -0.138. The normalized spacial score (nSPS) is 11.7. The summed E-state index contributed by atoms with van der Waals surface area (Å²) in [5.41, 5.74) is 1.24. The van der Waals surface area contributed by atoms with Crippen molar-refractivity contribution in [1.82, 2.24) is 0 Å². The molecule has 0 unspecified atom stereocenters. The number of hydrogen-bond donors (Lipinski definition) is 0. The van der Waals surface area contributed by atoms with E-state index in [0.717, 1.165) is 5.56 Å². The molecule has 18 heavy (non-hydrogen) atoms. The van der Waals surface area contributed by atoms with Crippen molar-refractivity contribution in [3.05, 3.63) is 48.0 Å². The molecule has 0 bridgehead atoms. The molecule has 0 saturated heterocycles. The van der Waals surface area contributed by atoms with Crippen LogP contribution < -0.4 is 0 Å². The molecule has 1 rings (SSSR count). The third-order valence-electron chi connectivity index (χ3n) is 2.65. The third-order valence-corrected chi connectivity index (χ3v) is 2.65. The summed E-state index contributed by atoms with van der Waals surface area (Å²) in [6, 6.07) is 9.42. The zero-order valence-corrected chi connectivity index (χ0v) is 10.8. The second kappa shape index (κ2) is 6.74. The van der Waals surface area contributed by atoms with Crippen LogP contribution in [0.2, 0.25) is 0 Å². The van der Waals surface area contributed by atoms with Gasteiger partial charge in [0.25, 0.3) is 0 Å². The van der Waals surface area contributed by atoms with E-state index in [0.29, 0.717) is 12.2 Å². The van der Waals surface area contributed by atoms with Gasteiger partial charge in [0.1, 0.15) is 5.78 Å². The molecule has 1 atom stereocenters. The summed E-state index contributed by atoms with van der Waals surface area (Å²) in [4.78, 5) is 23.0. The van der Waals surface area contributed by atoms with E-state index in [4.69, 9.17) is 4.74 Å². The predicted octanol–water partition coefficient (Wildman–Crippen LogP) is 2.87. The number of rotatable bonds is 6. The van der Waals surface area contributed by atoms with Crippen molar-refractivity contribution in [2.45, 2.75) is 26.2 Å². The van der Waals surface area contributed by atoms with Gasteiger partial charge in [-0.2, -0.15) is 0 Å². The van der Waals surface area contributed by atoms with Crippen LogP contribution in [0, 0.1) is 0 Å². The minimum atomic E-state index is -0.437. The van der Waals surface area contributed by atoms with Crippen molar-refractivity contribution in [3.8, 4) is 0 Å². The number of carbonyl (C=O) groups is 2. The molecule has 0 fully saturated rings. The van der Waals surface area contributed by atoms with E-state index < -0.39 is 5.97 Å². The highest BCUT2D eigenvalue weighted by atomic mass is 16.5. The van der Waals surface area contributed by atoms with E-state index in [2.05, 4.69) is 6.58 Å². The Morgan fingerprint density at radius 3 is 2.39 bits per heavy atom. The lowest BCUT2D eigenvalue weighted by Crippen LogP contribution is -2.16. The van der Waals surface area contributed by atoms with E-state index in [9.17, 15) is 9.59 Å². The predicted molar refractivity (Wildman–Crippen MR) is 70.3 cm³/mol. The number of benzene rings is 1. The lowest BCUT2D eigenvalue weighted by atomic mass is 9.88. The van der Waals surface area contributed by atoms with E-state index in [-0.39, 0.29) is 18.1 Å². The first kappa shape index (κ1) is 14.2. The maximum Gasteiger partial charge on any atom is 0.334 e. The first-order chi connectivity index (χ1) is 8.56. The smallest absolute Gasteiger partial charge is 0.334 e. The fourth-order valence-electron chi connectivity index (χ4n) is 1.78. The van der Waals surface area contributed by atoms with Gasteiger partial charge in [0.05, 0.1) is 6.61 Å². The molecule has 0 spiro atoms. The highest BCUT2D eigenvalue weighted by molar-refractivity contribution is 5.91. The molecule has 3 nitrogen and oxygen atoms in total. The molecule has 3 heteroatoms. The number of carbonyl (C=O) groups excluding carboxylic acids is 2. The van der Waals surface area contributed by atoms with Gasteiger partial charge in [-0.1, -0.05) is 36.9 Å². The highest BCUT2D eigenvalue weighted by Crippen LogP contribution is 2.27. The van der Waals surface area contributed by atoms with Crippen LogP contribution in [0.3, 0.4) is 0 Å². The monoisotopic (exact) mass is 246 g/mol. The van der Waals surface area contributed by atoms with Gasteiger partial charge in [0.15, 0.2) is 0 Å². The minimum absolute atomic E-state index is 0.0225. The number of esters is 1. The largest absolute Gasteiger partial charge is 0.463 e. The average Bonchev–Trinajstić information content (AvgIpc) is 2.36. The second-order valence-corrected chi connectivity index (χ2v) is 4.12. The van der Waals surface area contributed by atoms with Gasteiger partial charge in [-0.3, -0.25) is 4.79 Å². The van der Waals surface area contributed by atoms with Gasteiger partial charge in [0, 0.05) is 17.9 Å². The Kier molecular flexibility index (Phi) is 5.31. The molecule has 0 amide bonds. The van der Waals surface area contributed by atoms with Crippen LogP contribution in [-0.2, 0) is 14.3 Å². The molecule has 0 aliphatic heterocycles. The first-order valence-corrected chi connectivity index (χ1v) is 5.96. The van der Waals surface area contributed by atoms with E-state index in [1.165, 1.54) is 6.92 Å². The van der Waals surface area contributed by atoms with Crippen molar-refractivity contribution in [3.63, 3.8) is 0 Å². The standard InChI is InChI=1S/C15H18O3/c1-4-18-15(17)12(3)14(10-11(2)16)13-8-6-5-7-9-13/h5-9,14H,3-4,10H2,1-2H3/t14-/m1/s1. The summed E-state index contributed by atoms with van der Waals surface area (Å²) < 4.78 is 4.94. The van der Waals surface area contributed by atoms with Crippen molar-refractivity contribution in [2.75, 3.05) is 6.61 Å². The maximum absolute atomic E-state index is 11.7. The zero-order valence-electron chi connectivity index (χ0n) is 10.8. The van der Waals surface area contributed by atoms with Gasteiger partial charge >= 0.3 is 5.97 Å². The van der Waals surface area contributed by atoms with E-state index in [1.54, 1.807) is 6.92 Å². The maximum atomic E-state index is 11.7. The molecular formula is C15H18O3. The molecule has 1 aromatic rings. The van der Waals surface area contributed by atoms with Crippen molar-refractivity contribution < 1.29 is 14.3 Å². The lowest BCUT2D eigenvalue weighted by Gasteiger charge is -2.17. The molecule has 1 aromatic carbocycles. The molecule has 0 aromatic heterocycles. The molecule has 0 aliphatic rings.